The van der Waals surface area contributed by atoms with Gasteiger partial charge in [0.2, 0.25) is 0 Å². The molecule has 7 heteroatoms. The third-order valence-corrected chi connectivity index (χ3v) is 2.84. The molecule has 0 aromatic carbocycles. The van der Waals surface area contributed by atoms with Crippen LogP contribution in [0.3, 0.4) is 0 Å². The molecule has 0 atom stereocenters. The van der Waals surface area contributed by atoms with Crippen molar-refractivity contribution in [1.82, 2.24) is 15.3 Å². The highest BCUT2D eigenvalue weighted by Crippen LogP contribution is 2.06. The SMILES string of the molecule is I.NC(=NCc1ccc(Cl)cn1)NCCc1ccccn1. The van der Waals surface area contributed by atoms with Crippen LogP contribution in [0.1, 0.15) is 11.4 Å². The normalized spacial score (nSPS) is 10.8. The molecule has 0 saturated carbocycles. The average molecular weight is 418 g/mol. The van der Waals surface area contributed by atoms with Crippen LogP contribution in [0.25, 0.3) is 0 Å². The van der Waals surface area contributed by atoms with E-state index in [4.69, 9.17) is 17.3 Å². The van der Waals surface area contributed by atoms with Crippen LogP contribution in [0.5, 0.6) is 0 Å². The van der Waals surface area contributed by atoms with Gasteiger partial charge in [-0.15, -0.1) is 24.0 Å². The van der Waals surface area contributed by atoms with Gasteiger partial charge in [-0.25, -0.2) is 4.99 Å². The highest BCUT2D eigenvalue weighted by molar-refractivity contribution is 14.0. The Morgan fingerprint density at radius 3 is 2.71 bits per heavy atom. The van der Waals surface area contributed by atoms with Crippen molar-refractivity contribution in [3.8, 4) is 0 Å². The van der Waals surface area contributed by atoms with Gasteiger partial charge in [-0.2, -0.15) is 0 Å². The number of rotatable bonds is 5. The minimum absolute atomic E-state index is 0. The molecular weight excluding hydrogens is 401 g/mol. The summed E-state index contributed by atoms with van der Waals surface area (Å²) >= 11 is 5.76. The third-order valence-electron chi connectivity index (χ3n) is 2.61. The van der Waals surface area contributed by atoms with Gasteiger partial charge in [-0.3, -0.25) is 9.97 Å². The van der Waals surface area contributed by atoms with Crippen molar-refractivity contribution >= 4 is 41.5 Å². The Balaban J connectivity index is 0.00000220. The zero-order valence-corrected chi connectivity index (χ0v) is 14.5. The van der Waals surface area contributed by atoms with Crippen molar-refractivity contribution in [2.45, 2.75) is 13.0 Å². The first kappa shape index (κ1) is 17.6. The lowest BCUT2D eigenvalue weighted by molar-refractivity contribution is 0.825. The van der Waals surface area contributed by atoms with Crippen molar-refractivity contribution in [2.75, 3.05) is 6.54 Å². The van der Waals surface area contributed by atoms with Crippen LogP contribution in [0, 0.1) is 0 Å². The number of guanidine groups is 1. The second-order valence-corrected chi connectivity index (χ2v) is 4.60. The van der Waals surface area contributed by atoms with Gasteiger partial charge in [0.1, 0.15) is 0 Å². The van der Waals surface area contributed by atoms with E-state index in [-0.39, 0.29) is 24.0 Å². The lowest BCUT2D eigenvalue weighted by atomic mass is 10.3. The summed E-state index contributed by atoms with van der Waals surface area (Å²) in [4.78, 5) is 12.6. The predicted molar refractivity (Wildman–Crippen MR) is 95.9 cm³/mol. The molecule has 2 rings (SSSR count). The molecule has 0 bridgehead atoms. The van der Waals surface area contributed by atoms with E-state index in [1.165, 1.54) is 0 Å². The minimum Gasteiger partial charge on any atom is -0.370 e. The molecule has 21 heavy (non-hydrogen) atoms. The van der Waals surface area contributed by atoms with Crippen molar-refractivity contribution < 1.29 is 0 Å². The Morgan fingerprint density at radius 2 is 2.05 bits per heavy atom. The van der Waals surface area contributed by atoms with Crippen molar-refractivity contribution in [1.29, 1.82) is 0 Å². The molecule has 2 aromatic heterocycles. The summed E-state index contributed by atoms with van der Waals surface area (Å²) in [6.45, 7) is 1.12. The predicted octanol–water partition coefficient (Wildman–Crippen LogP) is 2.40. The van der Waals surface area contributed by atoms with Gasteiger partial charge in [0.15, 0.2) is 5.96 Å². The zero-order chi connectivity index (χ0) is 14.2. The van der Waals surface area contributed by atoms with Gasteiger partial charge in [0.25, 0.3) is 0 Å². The Bertz CT molecular complexity index is 559. The lowest BCUT2D eigenvalue weighted by Gasteiger charge is -2.05. The number of nitrogens with one attached hydrogen (secondary N) is 1. The van der Waals surface area contributed by atoms with E-state index in [0.717, 1.165) is 17.8 Å². The number of halogens is 2. The van der Waals surface area contributed by atoms with E-state index in [1.807, 2.05) is 24.3 Å². The molecule has 0 unspecified atom stereocenters. The molecule has 0 aliphatic heterocycles. The van der Waals surface area contributed by atoms with Crippen molar-refractivity contribution in [2.24, 2.45) is 10.7 Å². The topological polar surface area (TPSA) is 76.2 Å². The summed E-state index contributed by atoms with van der Waals surface area (Å²) in [5, 5.41) is 3.66. The monoisotopic (exact) mass is 417 g/mol. The van der Waals surface area contributed by atoms with E-state index in [2.05, 4.69) is 20.3 Å². The van der Waals surface area contributed by atoms with Crippen LogP contribution < -0.4 is 11.1 Å². The maximum absolute atomic E-state index is 5.78. The van der Waals surface area contributed by atoms with Crippen LogP contribution in [-0.2, 0) is 13.0 Å². The van der Waals surface area contributed by atoms with Crippen LogP contribution >= 0.6 is 35.6 Å². The second-order valence-electron chi connectivity index (χ2n) is 4.17. The number of nitrogens with zero attached hydrogens (tertiary/aromatic N) is 3. The summed E-state index contributed by atoms with van der Waals surface area (Å²) < 4.78 is 0. The van der Waals surface area contributed by atoms with Crippen LogP contribution in [-0.4, -0.2) is 22.5 Å². The van der Waals surface area contributed by atoms with Gasteiger partial charge in [-0.1, -0.05) is 17.7 Å². The fourth-order valence-electron chi connectivity index (χ4n) is 1.59. The minimum atomic E-state index is 0. The number of pyridine rings is 2. The highest BCUT2D eigenvalue weighted by Gasteiger charge is 1.96. The average Bonchev–Trinajstić information content (AvgIpc) is 2.48. The molecule has 2 aromatic rings. The molecule has 112 valence electrons. The van der Waals surface area contributed by atoms with Crippen LogP contribution in [0.15, 0.2) is 47.7 Å². The summed E-state index contributed by atoms with van der Waals surface area (Å²) in [6, 6.07) is 9.45. The Morgan fingerprint density at radius 1 is 1.19 bits per heavy atom. The number of aliphatic imine (C=N–C) groups is 1. The summed E-state index contributed by atoms with van der Waals surface area (Å²) in [7, 11) is 0. The molecule has 3 N–H and O–H groups in total. The summed E-state index contributed by atoms with van der Waals surface area (Å²) in [5.41, 5.74) is 7.62. The Hall–Kier alpha value is -1.41. The molecule has 2 heterocycles. The van der Waals surface area contributed by atoms with Gasteiger partial charge in [0.05, 0.1) is 17.3 Å². The van der Waals surface area contributed by atoms with Crippen molar-refractivity contribution in [3.05, 3.63) is 59.1 Å². The van der Waals surface area contributed by atoms with E-state index in [9.17, 15) is 0 Å². The van der Waals surface area contributed by atoms with Crippen LogP contribution in [0.4, 0.5) is 0 Å². The largest absolute Gasteiger partial charge is 0.370 e. The first-order chi connectivity index (χ1) is 9.74. The van der Waals surface area contributed by atoms with Gasteiger partial charge in [-0.05, 0) is 24.3 Å². The molecule has 0 amide bonds. The van der Waals surface area contributed by atoms with Gasteiger partial charge >= 0.3 is 0 Å². The first-order valence-electron chi connectivity index (χ1n) is 6.28. The van der Waals surface area contributed by atoms with E-state index < -0.39 is 0 Å². The van der Waals surface area contributed by atoms with Gasteiger partial charge < -0.3 is 11.1 Å². The highest BCUT2D eigenvalue weighted by atomic mass is 127. The fourth-order valence-corrected chi connectivity index (χ4v) is 1.70. The van der Waals surface area contributed by atoms with Crippen molar-refractivity contribution in [3.63, 3.8) is 0 Å². The third kappa shape index (κ3) is 6.72. The molecule has 0 saturated heterocycles. The Kier molecular flexibility index (Phi) is 7.99. The zero-order valence-electron chi connectivity index (χ0n) is 11.4. The molecule has 0 aliphatic carbocycles. The van der Waals surface area contributed by atoms with E-state index >= 15 is 0 Å². The Labute approximate surface area is 146 Å². The van der Waals surface area contributed by atoms with Crippen LogP contribution in [0.2, 0.25) is 5.02 Å². The number of aromatic nitrogens is 2. The quantitative estimate of drug-likeness (QED) is 0.445. The number of hydrogen-bond acceptors (Lipinski definition) is 3. The smallest absolute Gasteiger partial charge is 0.188 e. The van der Waals surface area contributed by atoms with E-state index in [0.29, 0.717) is 24.1 Å². The first-order valence-corrected chi connectivity index (χ1v) is 6.66. The second kappa shape index (κ2) is 9.51. The summed E-state index contributed by atoms with van der Waals surface area (Å²) in [5.74, 6) is 0.401. The lowest BCUT2D eigenvalue weighted by Crippen LogP contribution is -2.33. The van der Waals surface area contributed by atoms with Gasteiger partial charge in [0, 0.05) is 31.1 Å². The molecule has 0 radical (unpaired) electrons. The summed E-state index contributed by atoms with van der Waals surface area (Å²) in [6.07, 6.45) is 4.17. The molecule has 0 aliphatic rings. The number of hydrogen-bond donors (Lipinski definition) is 2. The fraction of sp³-hybridized carbons (Fsp3) is 0.214. The molecule has 0 fully saturated rings. The standard InChI is InChI=1S/C14H16ClN5.HI/c15-11-4-5-13(19-9-11)10-20-14(16)18-8-6-12-3-1-2-7-17-12;/h1-5,7,9H,6,8,10H2,(H3,16,18,20);1H. The maximum atomic E-state index is 5.78. The van der Waals surface area contributed by atoms with E-state index in [1.54, 1.807) is 18.5 Å². The number of nitrogens with two attached hydrogens (primary N) is 1. The molecule has 5 nitrogen and oxygen atoms in total. The molecule has 0 spiro atoms. The maximum Gasteiger partial charge on any atom is 0.188 e. The molecular formula is C14H17ClIN5.